The smallest absolute Gasteiger partial charge is 0.227 e. The van der Waals surface area contributed by atoms with E-state index in [1.807, 2.05) is 25.2 Å². The Bertz CT molecular complexity index is 895. The van der Waals surface area contributed by atoms with Crippen molar-refractivity contribution < 1.29 is 9.13 Å². The highest BCUT2D eigenvalue weighted by Gasteiger charge is 2.27. The predicted octanol–water partition coefficient (Wildman–Crippen LogP) is 2.43. The quantitative estimate of drug-likeness (QED) is 0.786. The first-order valence-electron chi connectivity index (χ1n) is 9.99. The van der Waals surface area contributed by atoms with Crippen molar-refractivity contribution in [1.82, 2.24) is 9.97 Å². The van der Waals surface area contributed by atoms with Crippen LogP contribution in [0.2, 0.25) is 0 Å². The molecule has 152 valence electrons. The number of benzene rings is 1. The third kappa shape index (κ3) is 4.10. The molecule has 2 aliphatic heterocycles. The van der Waals surface area contributed by atoms with Gasteiger partial charge in [0, 0.05) is 45.5 Å². The van der Waals surface area contributed by atoms with Gasteiger partial charge in [-0.15, -0.1) is 0 Å². The van der Waals surface area contributed by atoms with E-state index < -0.39 is 5.82 Å². The molecule has 8 heteroatoms. The van der Waals surface area contributed by atoms with Gasteiger partial charge in [-0.05, 0) is 31.0 Å². The summed E-state index contributed by atoms with van der Waals surface area (Å²) < 4.78 is 19.5. The summed E-state index contributed by atoms with van der Waals surface area (Å²) in [6.45, 7) is 4.49. The monoisotopic (exact) mass is 396 g/mol. The van der Waals surface area contributed by atoms with E-state index in [0.29, 0.717) is 25.4 Å². The van der Waals surface area contributed by atoms with E-state index in [1.165, 1.54) is 6.07 Å². The average Bonchev–Trinajstić information content (AvgIpc) is 2.79. The third-order valence-electron chi connectivity index (χ3n) is 5.67. The van der Waals surface area contributed by atoms with Gasteiger partial charge in [0.25, 0.3) is 0 Å². The minimum Gasteiger partial charge on any atom is -0.378 e. The van der Waals surface area contributed by atoms with Crippen molar-refractivity contribution >= 4 is 17.5 Å². The molecule has 4 rings (SSSR count). The number of nitriles is 1. The van der Waals surface area contributed by atoms with Crippen molar-refractivity contribution in [1.29, 1.82) is 5.26 Å². The lowest BCUT2D eigenvalue weighted by molar-refractivity contribution is 0.122. The Hall–Kier alpha value is -2.92. The molecule has 1 unspecified atom stereocenters. The first kappa shape index (κ1) is 19.4. The molecule has 0 radical (unpaired) electrons. The molecule has 2 saturated heterocycles. The molecular weight excluding hydrogens is 371 g/mol. The molecule has 7 nitrogen and oxygen atoms in total. The molecule has 29 heavy (non-hydrogen) atoms. The Labute approximate surface area is 170 Å². The van der Waals surface area contributed by atoms with Crippen LogP contribution in [0.4, 0.5) is 21.8 Å². The van der Waals surface area contributed by atoms with Gasteiger partial charge >= 0.3 is 0 Å². The maximum absolute atomic E-state index is 14.1. The Morgan fingerprint density at radius 1 is 1.21 bits per heavy atom. The summed E-state index contributed by atoms with van der Waals surface area (Å²) in [5, 5.41) is 9.38. The molecule has 0 saturated carbocycles. The highest BCUT2D eigenvalue weighted by molar-refractivity contribution is 5.60. The number of anilines is 3. The number of rotatable bonds is 4. The number of piperidine rings is 1. The number of hydrogen-bond acceptors (Lipinski definition) is 7. The summed E-state index contributed by atoms with van der Waals surface area (Å²) in [5.74, 6) is 1.13. The zero-order valence-corrected chi connectivity index (χ0v) is 16.6. The average molecular weight is 396 g/mol. The largest absolute Gasteiger partial charge is 0.378 e. The highest BCUT2D eigenvalue weighted by Crippen LogP contribution is 2.28. The van der Waals surface area contributed by atoms with Crippen LogP contribution in [0.1, 0.15) is 18.4 Å². The minimum absolute atomic E-state index is 0.118. The van der Waals surface area contributed by atoms with E-state index in [0.717, 1.165) is 44.2 Å². The molecule has 1 atom stereocenters. The van der Waals surface area contributed by atoms with Crippen LogP contribution in [0, 0.1) is 17.1 Å². The normalized spacial score (nSPS) is 19.7. The Morgan fingerprint density at radius 2 is 2.03 bits per heavy atom. The molecule has 3 heterocycles. The number of halogens is 1. The fourth-order valence-corrected chi connectivity index (χ4v) is 4.02. The zero-order valence-electron chi connectivity index (χ0n) is 16.6. The van der Waals surface area contributed by atoms with Gasteiger partial charge in [0.1, 0.15) is 23.3 Å². The van der Waals surface area contributed by atoms with Crippen molar-refractivity contribution in [2.24, 2.45) is 0 Å². The summed E-state index contributed by atoms with van der Waals surface area (Å²) >= 11 is 0. The first-order chi connectivity index (χ1) is 14.2. The van der Waals surface area contributed by atoms with Crippen LogP contribution < -0.4 is 14.7 Å². The number of morpholine rings is 1. The van der Waals surface area contributed by atoms with Gasteiger partial charge in [-0.2, -0.15) is 10.2 Å². The lowest BCUT2D eigenvalue weighted by Crippen LogP contribution is -2.47. The molecule has 2 aliphatic rings. The minimum atomic E-state index is -0.466. The van der Waals surface area contributed by atoms with E-state index in [9.17, 15) is 9.65 Å². The molecule has 0 aliphatic carbocycles. The van der Waals surface area contributed by atoms with E-state index in [2.05, 4.69) is 19.7 Å². The van der Waals surface area contributed by atoms with Crippen LogP contribution >= 0.6 is 0 Å². The Kier molecular flexibility index (Phi) is 5.76. The van der Waals surface area contributed by atoms with Gasteiger partial charge in [-0.1, -0.05) is 6.07 Å². The van der Waals surface area contributed by atoms with Crippen molar-refractivity contribution in [2.75, 3.05) is 61.1 Å². The molecule has 0 bridgehead atoms. The fraction of sp³-hybridized carbons (Fsp3) is 0.476. The topological polar surface area (TPSA) is 68.5 Å². The van der Waals surface area contributed by atoms with Crippen LogP contribution in [0.15, 0.2) is 30.5 Å². The Balaban J connectivity index is 1.52. The van der Waals surface area contributed by atoms with Gasteiger partial charge in [0.15, 0.2) is 0 Å². The zero-order chi connectivity index (χ0) is 20.2. The standard InChI is InChI=1S/C21H25FN6O/c1-26(20-7-8-24-21(25-20)27-10-12-29-13-11-27)16-4-3-9-28(15-16)19-6-2-5-18(22)17(19)14-23/h2,5-8,16H,3-4,9-13,15H2,1H3. The number of hydrogen-bond donors (Lipinski definition) is 0. The first-order valence-corrected chi connectivity index (χ1v) is 9.99. The van der Waals surface area contributed by atoms with Crippen LogP contribution in [0.3, 0.4) is 0 Å². The summed E-state index contributed by atoms with van der Waals surface area (Å²) in [7, 11) is 2.04. The second kappa shape index (κ2) is 8.62. The van der Waals surface area contributed by atoms with Crippen LogP contribution in [-0.4, -0.2) is 62.5 Å². The summed E-state index contributed by atoms with van der Waals surface area (Å²) in [6.07, 6.45) is 3.78. The van der Waals surface area contributed by atoms with E-state index in [-0.39, 0.29) is 11.6 Å². The predicted molar refractivity (Wildman–Crippen MR) is 110 cm³/mol. The van der Waals surface area contributed by atoms with Gasteiger partial charge in [-0.3, -0.25) is 0 Å². The SMILES string of the molecule is CN(c1ccnc(N2CCOCC2)n1)C1CCCN(c2cccc(F)c2C#N)C1. The molecule has 2 aromatic rings. The maximum atomic E-state index is 14.1. The second-order valence-corrected chi connectivity index (χ2v) is 7.41. The van der Waals surface area contributed by atoms with E-state index in [4.69, 9.17) is 9.72 Å². The molecular formula is C21H25FN6O. The van der Waals surface area contributed by atoms with Crippen LogP contribution in [-0.2, 0) is 4.74 Å². The number of likely N-dealkylation sites (N-methyl/N-ethyl adjacent to an activating group) is 1. The summed E-state index contributed by atoms with van der Waals surface area (Å²) in [6, 6.07) is 8.98. The van der Waals surface area contributed by atoms with Gasteiger partial charge in [0.05, 0.1) is 18.9 Å². The fourth-order valence-electron chi connectivity index (χ4n) is 4.02. The molecule has 2 fully saturated rings. The summed E-state index contributed by atoms with van der Waals surface area (Å²) in [5.41, 5.74) is 0.787. The van der Waals surface area contributed by atoms with Gasteiger partial charge in [0.2, 0.25) is 5.95 Å². The number of aromatic nitrogens is 2. The summed E-state index contributed by atoms with van der Waals surface area (Å²) in [4.78, 5) is 15.6. The maximum Gasteiger partial charge on any atom is 0.227 e. The molecule has 1 aromatic heterocycles. The Morgan fingerprint density at radius 3 is 2.83 bits per heavy atom. The van der Waals surface area contributed by atoms with Crippen molar-refractivity contribution in [2.45, 2.75) is 18.9 Å². The lowest BCUT2D eigenvalue weighted by atomic mass is 10.0. The number of ether oxygens (including phenoxy) is 1. The van der Waals surface area contributed by atoms with Gasteiger partial charge in [-0.25, -0.2) is 9.37 Å². The van der Waals surface area contributed by atoms with Crippen molar-refractivity contribution in [3.05, 3.63) is 41.8 Å². The third-order valence-corrected chi connectivity index (χ3v) is 5.67. The van der Waals surface area contributed by atoms with Crippen molar-refractivity contribution in [3.63, 3.8) is 0 Å². The van der Waals surface area contributed by atoms with Gasteiger partial charge < -0.3 is 19.4 Å². The van der Waals surface area contributed by atoms with E-state index >= 15 is 0 Å². The lowest BCUT2D eigenvalue weighted by Gasteiger charge is -2.39. The molecule has 0 amide bonds. The molecule has 0 spiro atoms. The molecule has 0 N–H and O–H groups in total. The van der Waals surface area contributed by atoms with E-state index in [1.54, 1.807) is 12.3 Å². The second-order valence-electron chi connectivity index (χ2n) is 7.41. The van der Waals surface area contributed by atoms with Crippen LogP contribution in [0.25, 0.3) is 0 Å². The van der Waals surface area contributed by atoms with Crippen LogP contribution in [0.5, 0.6) is 0 Å². The number of nitrogens with zero attached hydrogens (tertiary/aromatic N) is 6. The van der Waals surface area contributed by atoms with Crippen molar-refractivity contribution in [3.8, 4) is 6.07 Å². The highest BCUT2D eigenvalue weighted by atomic mass is 19.1. The molecule has 1 aromatic carbocycles.